The van der Waals surface area contributed by atoms with Crippen molar-refractivity contribution in [2.75, 3.05) is 13.6 Å². The second kappa shape index (κ2) is 5.19. The van der Waals surface area contributed by atoms with E-state index in [0.717, 1.165) is 13.0 Å². The van der Waals surface area contributed by atoms with E-state index >= 15 is 0 Å². The first-order valence-corrected chi connectivity index (χ1v) is 4.93. The Bertz CT molecular complexity index is 172. The number of nitrogens with two attached hydrogens (primary N) is 1. The van der Waals surface area contributed by atoms with Crippen LogP contribution in [0.25, 0.3) is 0 Å². The molecule has 0 saturated carbocycles. The van der Waals surface area contributed by atoms with Crippen LogP contribution in [-0.2, 0) is 4.79 Å². The van der Waals surface area contributed by atoms with Gasteiger partial charge in [0.1, 0.15) is 0 Å². The molecule has 0 aliphatic carbocycles. The molecule has 0 bridgehead atoms. The van der Waals surface area contributed by atoms with Crippen LogP contribution in [0.3, 0.4) is 0 Å². The van der Waals surface area contributed by atoms with Gasteiger partial charge in [-0.2, -0.15) is 0 Å². The first kappa shape index (κ1) is 10.5. The van der Waals surface area contributed by atoms with Crippen molar-refractivity contribution in [1.29, 1.82) is 0 Å². The van der Waals surface area contributed by atoms with Crippen LogP contribution >= 0.6 is 0 Å². The summed E-state index contributed by atoms with van der Waals surface area (Å²) in [6.45, 7) is 1.16. The van der Waals surface area contributed by atoms with Gasteiger partial charge >= 0.3 is 0 Å². The van der Waals surface area contributed by atoms with Gasteiger partial charge in [-0.1, -0.05) is 6.42 Å². The highest BCUT2D eigenvalue weighted by Gasteiger charge is 2.18. The molecule has 0 spiro atoms. The van der Waals surface area contributed by atoms with Crippen LogP contribution in [0.2, 0.25) is 0 Å². The van der Waals surface area contributed by atoms with E-state index in [9.17, 15) is 4.79 Å². The highest BCUT2D eigenvalue weighted by atomic mass is 16.2. The van der Waals surface area contributed by atoms with Crippen molar-refractivity contribution in [3.63, 3.8) is 0 Å². The van der Waals surface area contributed by atoms with Gasteiger partial charge < -0.3 is 4.90 Å². The number of hydrogen-bond donors (Lipinski definition) is 2. The van der Waals surface area contributed by atoms with Gasteiger partial charge in [0.25, 0.3) is 0 Å². The van der Waals surface area contributed by atoms with Crippen LogP contribution in [-0.4, -0.2) is 30.4 Å². The van der Waals surface area contributed by atoms with E-state index in [-0.39, 0.29) is 5.91 Å². The minimum atomic E-state index is -0.0565. The first-order chi connectivity index (χ1) is 6.24. The Kier molecular flexibility index (Phi) is 4.18. The van der Waals surface area contributed by atoms with Gasteiger partial charge in [0, 0.05) is 12.5 Å². The summed E-state index contributed by atoms with van der Waals surface area (Å²) in [5.41, 5.74) is 2.16. The Hall–Kier alpha value is -0.610. The largest absolute Gasteiger partial charge is 0.303 e. The van der Waals surface area contributed by atoms with Gasteiger partial charge in [0.2, 0.25) is 5.91 Å². The third-order valence-corrected chi connectivity index (χ3v) is 2.79. The number of likely N-dealkylation sites (tertiary alicyclic amines) is 1. The van der Waals surface area contributed by atoms with Gasteiger partial charge in [-0.25, -0.2) is 5.84 Å². The Morgan fingerprint density at radius 2 is 2.38 bits per heavy atom. The maximum Gasteiger partial charge on any atom is 0.233 e. The van der Waals surface area contributed by atoms with Crippen LogP contribution in [0, 0.1) is 0 Å². The molecule has 1 aliphatic heterocycles. The van der Waals surface area contributed by atoms with Crippen LogP contribution in [0.15, 0.2) is 0 Å². The molecule has 0 aromatic heterocycles. The van der Waals surface area contributed by atoms with Crippen LogP contribution in [0.5, 0.6) is 0 Å². The highest BCUT2D eigenvalue weighted by Crippen LogP contribution is 2.18. The molecule has 0 aromatic rings. The SMILES string of the molecule is CN1CCCCC1CCC(=O)NN. The summed E-state index contributed by atoms with van der Waals surface area (Å²) in [4.78, 5) is 13.2. The summed E-state index contributed by atoms with van der Waals surface area (Å²) in [5, 5.41) is 0. The van der Waals surface area contributed by atoms with Crippen molar-refractivity contribution < 1.29 is 4.79 Å². The maximum atomic E-state index is 10.9. The molecular weight excluding hydrogens is 166 g/mol. The molecule has 0 aromatic carbocycles. The minimum Gasteiger partial charge on any atom is -0.303 e. The standard InChI is InChI=1S/C9H19N3O/c1-12-7-3-2-4-8(12)5-6-9(13)11-10/h8H,2-7,10H2,1H3,(H,11,13). The average molecular weight is 185 g/mol. The van der Waals surface area contributed by atoms with Gasteiger partial charge in [0.15, 0.2) is 0 Å². The summed E-state index contributed by atoms with van der Waals surface area (Å²) in [6.07, 6.45) is 5.27. The molecule has 1 saturated heterocycles. The highest BCUT2D eigenvalue weighted by molar-refractivity contribution is 5.75. The van der Waals surface area contributed by atoms with Crippen LogP contribution in [0.1, 0.15) is 32.1 Å². The molecule has 13 heavy (non-hydrogen) atoms. The summed E-state index contributed by atoms with van der Waals surface area (Å²) < 4.78 is 0. The van der Waals surface area contributed by atoms with E-state index < -0.39 is 0 Å². The normalized spacial score (nSPS) is 24.3. The van der Waals surface area contributed by atoms with E-state index in [2.05, 4.69) is 17.4 Å². The van der Waals surface area contributed by atoms with Gasteiger partial charge in [-0.3, -0.25) is 10.2 Å². The van der Waals surface area contributed by atoms with Crippen molar-refractivity contribution in [1.82, 2.24) is 10.3 Å². The number of nitrogens with zero attached hydrogens (tertiary/aromatic N) is 1. The van der Waals surface area contributed by atoms with E-state index in [1.807, 2.05) is 0 Å². The average Bonchev–Trinajstić information content (AvgIpc) is 2.16. The lowest BCUT2D eigenvalue weighted by atomic mass is 9.99. The lowest BCUT2D eigenvalue weighted by molar-refractivity contribution is -0.121. The Morgan fingerprint density at radius 3 is 3.00 bits per heavy atom. The fourth-order valence-corrected chi connectivity index (χ4v) is 1.88. The van der Waals surface area contributed by atoms with Crippen molar-refractivity contribution in [3.05, 3.63) is 0 Å². The zero-order chi connectivity index (χ0) is 9.68. The molecule has 1 rings (SSSR count). The smallest absolute Gasteiger partial charge is 0.233 e. The molecular formula is C9H19N3O. The van der Waals surface area contributed by atoms with Crippen molar-refractivity contribution in [2.45, 2.75) is 38.1 Å². The molecule has 1 aliphatic rings. The molecule has 0 radical (unpaired) electrons. The zero-order valence-electron chi connectivity index (χ0n) is 8.25. The van der Waals surface area contributed by atoms with E-state index in [0.29, 0.717) is 12.5 Å². The monoisotopic (exact) mass is 185 g/mol. The van der Waals surface area contributed by atoms with Gasteiger partial charge in [-0.15, -0.1) is 0 Å². The number of amides is 1. The quantitative estimate of drug-likeness (QED) is 0.376. The Morgan fingerprint density at radius 1 is 1.62 bits per heavy atom. The molecule has 1 fully saturated rings. The molecule has 3 N–H and O–H groups in total. The Labute approximate surface area is 79.4 Å². The second-order valence-corrected chi connectivity index (χ2v) is 3.74. The molecule has 1 unspecified atom stereocenters. The lowest BCUT2D eigenvalue weighted by Gasteiger charge is -2.32. The van der Waals surface area contributed by atoms with Crippen LogP contribution in [0.4, 0.5) is 0 Å². The van der Waals surface area contributed by atoms with Gasteiger partial charge in [-0.05, 0) is 32.9 Å². The van der Waals surface area contributed by atoms with E-state index in [1.165, 1.54) is 19.3 Å². The van der Waals surface area contributed by atoms with Crippen molar-refractivity contribution >= 4 is 5.91 Å². The molecule has 4 heteroatoms. The molecule has 1 atom stereocenters. The minimum absolute atomic E-state index is 0.0565. The third kappa shape index (κ3) is 3.32. The maximum absolute atomic E-state index is 10.9. The van der Waals surface area contributed by atoms with E-state index in [4.69, 9.17) is 5.84 Å². The number of carbonyl (C=O) groups excluding carboxylic acids is 1. The summed E-state index contributed by atoms with van der Waals surface area (Å²) >= 11 is 0. The number of nitrogens with one attached hydrogen (secondary N) is 1. The summed E-state index contributed by atoms with van der Waals surface area (Å²) in [6, 6.07) is 0.575. The predicted molar refractivity (Wildman–Crippen MR) is 51.8 cm³/mol. The lowest BCUT2D eigenvalue weighted by Crippen LogP contribution is -2.38. The zero-order valence-corrected chi connectivity index (χ0v) is 8.25. The van der Waals surface area contributed by atoms with Gasteiger partial charge in [0.05, 0.1) is 0 Å². The van der Waals surface area contributed by atoms with Crippen molar-refractivity contribution in [2.24, 2.45) is 5.84 Å². The predicted octanol–water partition coefficient (Wildman–Crippen LogP) is 0.241. The molecule has 76 valence electrons. The topological polar surface area (TPSA) is 58.4 Å². The summed E-state index contributed by atoms with van der Waals surface area (Å²) in [7, 11) is 2.13. The first-order valence-electron chi connectivity index (χ1n) is 4.93. The van der Waals surface area contributed by atoms with Crippen LogP contribution < -0.4 is 11.3 Å². The van der Waals surface area contributed by atoms with Crippen molar-refractivity contribution in [3.8, 4) is 0 Å². The number of hydrogen-bond acceptors (Lipinski definition) is 3. The molecule has 1 amide bonds. The number of piperidine rings is 1. The molecule has 4 nitrogen and oxygen atoms in total. The summed E-state index contributed by atoms with van der Waals surface area (Å²) in [5.74, 6) is 4.95. The Balaban J connectivity index is 2.22. The fraction of sp³-hybridized carbons (Fsp3) is 0.889. The molecule has 1 heterocycles. The fourth-order valence-electron chi connectivity index (χ4n) is 1.88. The number of hydrazine groups is 1. The number of rotatable bonds is 3. The third-order valence-electron chi connectivity index (χ3n) is 2.79. The number of carbonyl (C=O) groups is 1. The second-order valence-electron chi connectivity index (χ2n) is 3.74. The van der Waals surface area contributed by atoms with E-state index in [1.54, 1.807) is 0 Å².